The number of para-hydroxylation sites is 1. The first-order valence-corrected chi connectivity index (χ1v) is 9.76. The lowest BCUT2D eigenvalue weighted by Crippen LogP contribution is -2.25. The number of rotatable bonds is 5. The van der Waals surface area contributed by atoms with Crippen molar-refractivity contribution in [3.63, 3.8) is 0 Å². The molecule has 1 aliphatic heterocycles. The van der Waals surface area contributed by atoms with E-state index in [9.17, 15) is 0 Å². The van der Waals surface area contributed by atoms with Gasteiger partial charge in [0.2, 0.25) is 4.96 Å². The molecule has 0 bridgehead atoms. The monoisotopic (exact) mass is 373 g/mol. The number of fused-ring (bicyclic) bond motifs is 1. The van der Waals surface area contributed by atoms with Gasteiger partial charge >= 0.3 is 0 Å². The molecular weight excluding hydrogens is 350 g/mol. The van der Waals surface area contributed by atoms with E-state index in [2.05, 4.69) is 15.1 Å². The number of ether oxygens (including phenoxy) is 2. The maximum Gasteiger partial charge on any atom is 0.235 e. The van der Waals surface area contributed by atoms with Crippen molar-refractivity contribution in [3.05, 3.63) is 24.0 Å². The Morgan fingerprint density at radius 1 is 1.04 bits per heavy atom. The van der Waals surface area contributed by atoms with Gasteiger partial charge in [0.1, 0.15) is 0 Å². The maximum absolute atomic E-state index is 5.55. The predicted molar refractivity (Wildman–Crippen MR) is 101 cm³/mol. The van der Waals surface area contributed by atoms with Gasteiger partial charge in [-0.05, 0) is 38.1 Å². The van der Waals surface area contributed by atoms with Gasteiger partial charge in [0.05, 0.1) is 26.3 Å². The Labute approximate surface area is 156 Å². The lowest BCUT2D eigenvalue weighted by molar-refractivity contribution is 0.268. The van der Waals surface area contributed by atoms with Gasteiger partial charge in [-0.15, -0.1) is 10.2 Å². The van der Waals surface area contributed by atoms with Gasteiger partial charge in [0, 0.05) is 0 Å². The van der Waals surface area contributed by atoms with Gasteiger partial charge in [-0.25, -0.2) is 0 Å². The van der Waals surface area contributed by atoms with Crippen LogP contribution in [0.3, 0.4) is 0 Å². The Morgan fingerprint density at radius 3 is 2.58 bits per heavy atom. The summed E-state index contributed by atoms with van der Waals surface area (Å²) >= 11 is 1.51. The molecule has 1 fully saturated rings. The molecule has 3 heterocycles. The molecule has 8 heteroatoms. The molecule has 4 rings (SSSR count). The molecule has 0 atom stereocenters. The van der Waals surface area contributed by atoms with Crippen molar-refractivity contribution >= 4 is 16.3 Å². The van der Waals surface area contributed by atoms with Gasteiger partial charge in [-0.2, -0.15) is 9.61 Å². The summed E-state index contributed by atoms with van der Waals surface area (Å²) in [6, 6.07) is 5.81. The molecule has 0 aliphatic carbocycles. The largest absolute Gasteiger partial charge is 0.493 e. The van der Waals surface area contributed by atoms with Crippen LogP contribution in [0.2, 0.25) is 0 Å². The fraction of sp³-hybridized carbons (Fsp3) is 0.500. The van der Waals surface area contributed by atoms with Gasteiger partial charge in [-0.3, -0.25) is 4.90 Å². The number of nitrogens with zero attached hydrogens (tertiary/aromatic N) is 5. The molecule has 0 unspecified atom stereocenters. The fourth-order valence-electron chi connectivity index (χ4n) is 3.41. The van der Waals surface area contributed by atoms with E-state index in [1.54, 1.807) is 14.2 Å². The molecular formula is C18H23N5O2S. The summed E-state index contributed by atoms with van der Waals surface area (Å²) in [6.45, 7) is 3.03. The smallest absolute Gasteiger partial charge is 0.235 e. The lowest BCUT2D eigenvalue weighted by Gasteiger charge is -2.17. The van der Waals surface area contributed by atoms with Crippen molar-refractivity contribution in [1.82, 2.24) is 24.7 Å². The first kappa shape index (κ1) is 17.2. The van der Waals surface area contributed by atoms with E-state index in [0.717, 1.165) is 41.0 Å². The predicted octanol–water partition coefficient (Wildman–Crippen LogP) is 3.25. The highest BCUT2D eigenvalue weighted by atomic mass is 32.1. The zero-order valence-electron chi connectivity index (χ0n) is 15.1. The summed E-state index contributed by atoms with van der Waals surface area (Å²) < 4.78 is 12.8. The molecule has 1 aromatic carbocycles. The molecule has 1 saturated heterocycles. The number of benzene rings is 1. The third kappa shape index (κ3) is 3.26. The Bertz CT molecular complexity index is 883. The summed E-state index contributed by atoms with van der Waals surface area (Å²) in [5.41, 5.74) is 0.906. The van der Waals surface area contributed by atoms with Crippen LogP contribution in [-0.2, 0) is 6.54 Å². The highest BCUT2D eigenvalue weighted by Gasteiger charge is 2.19. The second-order valence-electron chi connectivity index (χ2n) is 6.45. The Kier molecular flexibility index (Phi) is 5.03. The van der Waals surface area contributed by atoms with Crippen LogP contribution in [0.15, 0.2) is 18.2 Å². The maximum atomic E-state index is 5.55. The minimum atomic E-state index is 0.689. The second-order valence-corrected chi connectivity index (χ2v) is 7.41. The highest BCUT2D eigenvalue weighted by molar-refractivity contribution is 7.19. The van der Waals surface area contributed by atoms with Crippen molar-refractivity contribution in [2.75, 3.05) is 27.3 Å². The SMILES string of the molecule is COc1cccc(-c2nn3c(CN4CCCCCC4)nnc3s2)c1OC. The number of methoxy groups -OCH3 is 2. The molecule has 138 valence electrons. The van der Waals surface area contributed by atoms with Crippen LogP contribution in [-0.4, -0.2) is 52.0 Å². The molecule has 0 saturated carbocycles. The number of likely N-dealkylation sites (tertiary alicyclic amines) is 1. The van der Waals surface area contributed by atoms with Crippen molar-refractivity contribution in [1.29, 1.82) is 0 Å². The van der Waals surface area contributed by atoms with Crippen LogP contribution >= 0.6 is 11.3 Å². The number of hydrogen-bond donors (Lipinski definition) is 0. The van der Waals surface area contributed by atoms with E-state index in [1.807, 2.05) is 22.7 Å². The molecule has 3 aromatic rings. The van der Waals surface area contributed by atoms with Crippen LogP contribution in [0, 0.1) is 0 Å². The molecule has 7 nitrogen and oxygen atoms in total. The van der Waals surface area contributed by atoms with Crippen LogP contribution in [0.1, 0.15) is 31.5 Å². The van der Waals surface area contributed by atoms with Crippen molar-refractivity contribution < 1.29 is 9.47 Å². The fourth-order valence-corrected chi connectivity index (χ4v) is 4.30. The molecule has 0 amide bonds. The van der Waals surface area contributed by atoms with Crippen molar-refractivity contribution in [2.45, 2.75) is 32.2 Å². The van der Waals surface area contributed by atoms with E-state index in [-0.39, 0.29) is 0 Å². The Balaban J connectivity index is 1.66. The first-order chi connectivity index (χ1) is 12.8. The molecule has 1 aliphatic rings. The van der Waals surface area contributed by atoms with Gasteiger partial charge in [-0.1, -0.05) is 30.2 Å². The molecule has 0 N–H and O–H groups in total. The summed E-state index contributed by atoms with van der Waals surface area (Å²) in [4.78, 5) is 3.25. The highest BCUT2D eigenvalue weighted by Crippen LogP contribution is 2.39. The van der Waals surface area contributed by atoms with Crippen LogP contribution in [0.25, 0.3) is 15.5 Å². The molecule has 0 spiro atoms. The first-order valence-electron chi connectivity index (χ1n) is 8.95. The average molecular weight is 373 g/mol. The van der Waals surface area contributed by atoms with Crippen LogP contribution in [0.4, 0.5) is 0 Å². The van der Waals surface area contributed by atoms with Crippen molar-refractivity contribution in [2.24, 2.45) is 0 Å². The average Bonchev–Trinajstić information content (AvgIpc) is 3.14. The van der Waals surface area contributed by atoms with Gasteiger partial charge < -0.3 is 9.47 Å². The van der Waals surface area contributed by atoms with E-state index in [0.29, 0.717) is 11.5 Å². The summed E-state index contributed by atoms with van der Waals surface area (Å²) in [6.07, 6.45) is 5.15. The number of hydrogen-bond acceptors (Lipinski definition) is 7. The van der Waals surface area contributed by atoms with Crippen molar-refractivity contribution in [3.8, 4) is 22.1 Å². The van der Waals surface area contributed by atoms with E-state index < -0.39 is 0 Å². The van der Waals surface area contributed by atoms with E-state index in [1.165, 1.54) is 37.0 Å². The topological polar surface area (TPSA) is 64.8 Å². The third-order valence-electron chi connectivity index (χ3n) is 4.75. The second kappa shape index (κ2) is 7.59. The third-order valence-corrected chi connectivity index (χ3v) is 5.68. The Hall–Kier alpha value is -2.19. The molecule has 0 radical (unpaired) electrons. The quantitative estimate of drug-likeness (QED) is 0.684. The van der Waals surface area contributed by atoms with Crippen LogP contribution < -0.4 is 9.47 Å². The zero-order chi connectivity index (χ0) is 17.9. The summed E-state index contributed by atoms with van der Waals surface area (Å²) in [7, 11) is 3.28. The van der Waals surface area contributed by atoms with Gasteiger partial charge in [0.25, 0.3) is 0 Å². The Morgan fingerprint density at radius 2 is 1.85 bits per heavy atom. The summed E-state index contributed by atoms with van der Waals surface area (Å²) in [5.74, 6) is 2.28. The molecule has 2 aromatic heterocycles. The van der Waals surface area contributed by atoms with E-state index >= 15 is 0 Å². The normalized spacial score (nSPS) is 15.9. The number of aromatic nitrogens is 4. The molecule has 26 heavy (non-hydrogen) atoms. The lowest BCUT2D eigenvalue weighted by atomic mass is 10.2. The zero-order valence-corrected chi connectivity index (χ0v) is 16.0. The standard InChI is InChI=1S/C18H23N5O2S/c1-24-14-9-7-8-13(16(14)25-2)17-21-23-15(19-20-18(23)26-17)12-22-10-5-3-4-6-11-22/h7-9H,3-6,10-12H2,1-2H3. The van der Waals surface area contributed by atoms with Gasteiger partial charge in [0.15, 0.2) is 22.3 Å². The van der Waals surface area contributed by atoms with E-state index in [4.69, 9.17) is 14.6 Å². The summed E-state index contributed by atoms with van der Waals surface area (Å²) in [5, 5.41) is 14.3. The van der Waals surface area contributed by atoms with Crippen LogP contribution in [0.5, 0.6) is 11.5 Å². The minimum Gasteiger partial charge on any atom is -0.493 e. The minimum absolute atomic E-state index is 0.689.